The average Bonchev–Trinajstić information content (AvgIpc) is 2.87. The van der Waals surface area contributed by atoms with E-state index in [2.05, 4.69) is 20.5 Å². The molecule has 4 rings (SSSR count). The Morgan fingerprint density at radius 2 is 1.29 bits per heavy atom. The largest absolute Gasteiger partial charge is 0.493 e. The van der Waals surface area contributed by atoms with E-state index in [-0.39, 0.29) is 29.2 Å². The van der Waals surface area contributed by atoms with Gasteiger partial charge in [-0.25, -0.2) is 0 Å². The highest BCUT2D eigenvalue weighted by Crippen LogP contribution is 2.28. The van der Waals surface area contributed by atoms with E-state index >= 15 is 0 Å². The van der Waals surface area contributed by atoms with Crippen molar-refractivity contribution < 1.29 is 5.11 Å². The average molecular weight is 448 g/mol. The van der Waals surface area contributed by atoms with Gasteiger partial charge in [-0.15, -0.1) is 5.11 Å². The predicted molar refractivity (Wildman–Crippen MR) is 129 cm³/mol. The van der Waals surface area contributed by atoms with Crippen LogP contribution >= 0.6 is 0 Å². The van der Waals surface area contributed by atoms with Gasteiger partial charge in [0.25, 0.3) is 5.56 Å². The van der Waals surface area contributed by atoms with Crippen molar-refractivity contribution in [2.45, 2.75) is 13.5 Å². The minimum absolute atomic E-state index is 0.00174. The molecule has 0 bridgehead atoms. The second-order valence-electron chi connectivity index (χ2n) is 7.41. The highest BCUT2D eigenvalue weighted by molar-refractivity contribution is 5.57. The molecule has 8 nitrogen and oxygen atoms in total. The molecule has 0 spiro atoms. The van der Waals surface area contributed by atoms with Crippen molar-refractivity contribution in [3.8, 4) is 11.9 Å². The zero-order valence-electron chi connectivity index (χ0n) is 18.3. The summed E-state index contributed by atoms with van der Waals surface area (Å²) >= 11 is 0. The van der Waals surface area contributed by atoms with Crippen LogP contribution in [-0.2, 0) is 6.54 Å². The molecule has 0 saturated heterocycles. The van der Waals surface area contributed by atoms with Crippen molar-refractivity contribution in [2.75, 3.05) is 0 Å². The van der Waals surface area contributed by atoms with Gasteiger partial charge in [0.1, 0.15) is 11.6 Å². The topological polar surface area (TPSA) is 115 Å². The normalized spacial score (nSPS) is 11.2. The quantitative estimate of drug-likeness (QED) is 0.334. The first-order valence-corrected chi connectivity index (χ1v) is 10.5. The number of pyridine rings is 1. The van der Waals surface area contributed by atoms with Gasteiger partial charge < -0.3 is 5.11 Å². The Morgan fingerprint density at radius 3 is 1.85 bits per heavy atom. The second kappa shape index (κ2) is 10.1. The maximum absolute atomic E-state index is 13.1. The van der Waals surface area contributed by atoms with Crippen LogP contribution < -0.4 is 5.56 Å². The fourth-order valence-electron chi connectivity index (χ4n) is 3.27. The van der Waals surface area contributed by atoms with E-state index in [0.29, 0.717) is 11.4 Å². The summed E-state index contributed by atoms with van der Waals surface area (Å²) in [6.07, 6.45) is 0. The summed E-state index contributed by atoms with van der Waals surface area (Å²) in [5, 5.41) is 36.7. The highest BCUT2D eigenvalue weighted by atomic mass is 16.3. The van der Waals surface area contributed by atoms with Crippen molar-refractivity contribution in [3.63, 3.8) is 0 Å². The molecule has 0 fully saturated rings. The molecule has 3 aromatic carbocycles. The second-order valence-corrected chi connectivity index (χ2v) is 7.41. The van der Waals surface area contributed by atoms with E-state index in [1.165, 1.54) is 0 Å². The Bertz CT molecular complexity index is 1450. The number of rotatable bonds is 6. The lowest BCUT2D eigenvalue weighted by molar-refractivity contribution is 0.412. The van der Waals surface area contributed by atoms with Crippen LogP contribution in [0.25, 0.3) is 0 Å². The minimum Gasteiger partial charge on any atom is -0.493 e. The summed E-state index contributed by atoms with van der Waals surface area (Å²) in [5.74, 6) is -0.388. The van der Waals surface area contributed by atoms with Crippen LogP contribution in [0, 0.1) is 18.3 Å². The smallest absolute Gasteiger partial charge is 0.281 e. The fraction of sp³-hybridized carbons (Fsp3) is 0.0769. The number of hydrogen-bond donors (Lipinski definition) is 1. The van der Waals surface area contributed by atoms with Crippen LogP contribution in [0.1, 0.15) is 16.7 Å². The minimum atomic E-state index is -0.533. The Balaban J connectivity index is 1.62. The fourth-order valence-corrected chi connectivity index (χ4v) is 3.27. The maximum Gasteiger partial charge on any atom is 0.281 e. The van der Waals surface area contributed by atoms with E-state index in [1.54, 1.807) is 31.2 Å². The van der Waals surface area contributed by atoms with Gasteiger partial charge in [0.2, 0.25) is 5.88 Å². The lowest BCUT2D eigenvalue weighted by atomic mass is 10.1. The van der Waals surface area contributed by atoms with Crippen LogP contribution in [0.3, 0.4) is 0 Å². The third-order valence-corrected chi connectivity index (χ3v) is 5.10. The molecule has 0 aliphatic heterocycles. The first-order valence-electron chi connectivity index (χ1n) is 10.5. The molecule has 0 aliphatic carbocycles. The number of aromatic hydroxyl groups is 1. The van der Waals surface area contributed by atoms with Gasteiger partial charge in [0, 0.05) is 5.56 Å². The van der Waals surface area contributed by atoms with E-state index in [4.69, 9.17) is 0 Å². The number of nitrogens with zero attached hydrogens (tertiary/aromatic N) is 6. The number of benzene rings is 3. The zero-order chi connectivity index (χ0) is 23.9. The van der Waals surface area contributed by atoms with Gasteiger partial charge >= 0.3 is 0 Å². The van der Waals surface area contributed by atoms with Gasteiger partial charge in [0.15, 0.2) is 5.69 Å². The van der Waals surface area contributed by atoms with Gasteiger partial charge in [-0.05, 0) is 48.9 Å². The highest BCUT2D eigenvalue weighted by Gasteiger charge is 2.19. The van der Waals surface area contributed by atoms with Crippen molar-refractivity contribution in [2.24, 2.45) is 20.5 Å². The van der Waals surface area contributed by atoms with Crippen LogP contribution in [0.5, 0.6) is 5.88 Å². The SMILES string of the molecule is Cc1c(C#N)c(O)n(Cc2ccccc2)c(=O)c1N=Nc1ccc(N=Nc2ccccc2)cc1. The molecular weight excluding hydrogens is 428 g/mol. The summed E-state index contributed by atoms with van der Waals surface area (Å²) in [6, 6.07) is 27.4. The molecule has 166 valence electrons. The summed E-state index contributed by atoms with van der Waals surface area (Å²) in [7, 11) is 0. The van der Waals surface area contributed by atoms with Gasteiger partial charge in [0.05, 0.1) is 23.6 Å². The van der Waals surface area contributed by atoms with Gasteiger partial charge in [-0.2, -0.15) is 20.6 Å². The first-order chi connectivity index (χ1) is 16.6. The monoisotopic (exact) mass is 448 g/mol. The van der Waals surface area contributed by atoms with Crippen LogP contribution in [0.4, 0.5) is 22.7 Å². The third kappa shape index (κ3) is 4.95. The molecule has 8 heteroatoms. The standard InChI is InChI=1S/C26H20N6O2/c1-18-23(16-27)25(33)32(17-19-8-4-2-5-9-19)26(34)24(18)31-30-22-14-12-21(13-15-22)29-28-20-10-6-3-7-11-20/h2-15,33H,17H2,1H3. The summed E-state index contributed by atoms with van der Waals surface area (Å²) < 4.78 is 1.13. The molecule has 0 unspecified atom stereocenters. The number of nitriles is 1. The summed E-state index contributed by atoms with van der Waals surface area (Å²) in [4.78, 5) is 13.1. The Hall–Kier alpha value is -4.90. The number of hydrogen-bond acceptors (Lipinski definition) is 7. The van der Waals surface area contributed by atoms with Crippen LogP contribution in [0.15, 0.2) is 110 Å². The van der Waals surface area contributed by atoms with Gasteiger partial charge in [-0.3, -0.25) is 9.36 Å². The van der Waals surface area contributed by atoms with Crippen LogP contribution in [0.2, 0.25) is 0 Å². The summed E-state index contributed by atoms with van der Waals surface area (Å²) in [6.45, 7) is 1.66. The van der Waals surface area contributed by atoms with Crippen molar-refractivity contribution in [3.05, 3.63) is 112 Å². The molecule has 0 amide bonds. The molecule has 0 saturated carbocycles. The number of aromatic nitrogens is 1. The molecule has 0 atom stereocenters. The van der Waals surface area contributed by atoms with E-state index in [0.717, 1.165) is 15.8 Å². The molecule has 1 heterocycles. The van der Waals surface area contributed by atoms with Gasteiger partial charge in [-0.1, -0.05) is 48.5 Å². The van der Waals surface area contributed by atoms with Crippen LogP contribution in [-0.4, -0.2) is 9.67 Å². The van der Waals surface area contributed by atoms with Crippen molar-refractivity contribution in [1.82, 2.24) is 4.57 Å². The van der Waals surface area contributed by atoms with Crippen molar-refractivity contribution in [1.29, 1.82) is 5.26 Å². The molecule has 0 aliphatic rings. The first kappa shape index (κ1) is 22.3. The van der Waals surface area contributed by atoms with E-state index in [1.807, 2.05) is 66.7 Å². The molecular formula is C26H20N6O2. The number of azo groups is 2. The predicted octanol–water partition coefficient (Wildman–Crippen LogP) is 6.61. The molecule has 0 radical (unpaired) electrons. The molecule has 4 aromatic rings. The third-order valence-electron chi connectivity index (χ3n) is 5.10. The van der Waals surface area contributed by atoms with Crippen molar-refractivity contribution >= 4 is 22.7 Å². The maximum atomic E-state index is 13.1. The lowest BCUT2D eigenvalue weighted by Crippen LogP contribution is -2.22. The Labute approximate surface area is 195 Å². The van der Waals surface area contributed by atoms with E-state index in [9.17, 15) is 15.2 Å². The zero-order valence-corrected chi connectivity index (χ0v) is 18.3. The molecule has 1 N–H and O–H groups in total. The lowest BCUT2D eigenvalue weighted by Gasteiger charge is -2.13. The Morgan fingerprint density at radius 1 is 0.794 bits per heavy atom. The van der Waals surface area contributed by atoms with E-state index < -0.39 is 5.56 Å². The Kier molecular flexibility index (Phi) is 6.65. The molecule has 34 heavy (non-hydrogen) atoms. The summed E-state index contributed by atoms with van der Waals surface area (Å²) in [5.41, 5.74) is 2.41. The molecule has 1 aromatic heterocycles.